The number of nitrogen functional groups attached to an aromatic ring is 1. The van der Waals surface area contributed by atoms with E-state index < -0.39 is 0 Å². The van der Waals surface area contributed by atoms with E-state index in [4.69, 9.17) is 10.5 Å². The normalized spacial score (nSPS) is 20.3. The van der Waals surface area contributed by atoms with Crippen molar-refractivity contribution in [1.82, 2.24) is 10.2 Å². The molecule has 0 spiro atoms. The van der Waals surface area contributed by atoms with E-state index in [1.165, 1.54) is 0 Å². The zero-order chi connectivity index (χ0) is 13.6. The second-order valence-corrected chi connectivity index (χ2v) is 5.84. The topological polar surface area (TPSA) is 63.9 Å². The number of para-hydroxylation sites is 1. The van der Waals surface area contributed by atoms with Gasteiger partial charge in [-0.15, -0.1) is 0 Å². The Morgan fingerprint density at radius 3 is 2.68 bits per heavy atom. The molecule has 1 aliphatic rings. The number of nitrogens with zero attached hydrogens (tertiary/aromatic N) is 1. The van der Waals surface area contributed by atoms with Gasteiger partial charge in [0.1, 0.15) is 5.75 Å². The smallest absolute Gasteiger partial charge is 0.153 e. The van der Waals surface area contributed by atoms with Gasteiger partial charge in [-0.3, -0.25) is 5.10 Å². The Bertz CT molecular complexity index is 616. The summed E-state index contributed by atoms with van der Waals surface area (Å²) in [6.45, 7) is 4.53. The van der Waals surface area contributed by atoms with Crippen LogP contribution in [0, 0.1) is 5.41 Å². The molecule has 4 heteroatoms. The highest BCUT2D eigenvalue weighted by Crippen LogP contribution is 2.60. The van der Waals surface area contributed by atoms with Crippen molar-refractivity contribution in [3.8, 4) is 16.9 Å². The summed E-state index contributed by atoms with van der Waals surface area (Å²) in [6.07, 6.45) is 1.16. The van der Waals surface area contributed by atoms with Crippen LogP contribution in [0.3, 0.4) is 0 Å². The number of ether oxygens (including phenoxy) is 1. The van der Waals surface area contributed by atoms with Crippen molar-refractivity contribution in [2.75, 3.05) is 12.8 Å². The lowest BCUT2D eigenvalue weighted by molar-refractivity contribution is 0.416. The number of anilines is 1. The molecule has 0 bridgehead atoms. The Kier molecular flexibility index (Phi) is 2.55. The molecule has 1 unspecified atom stereocenters. The van der Waals surface area contributed by atoms with Crippen molar-refractivity contribution >= 4 is 5.82 Å². The van der Waals surface area contributed by atoms with Gasteiger partial charge < -0.3 is 10.5 Å². The highest BCUT2D eigenvalue weighted by molar-refractivity contribution is 5.81. The second-order valence-electron chi connectivity index (χ2n) is 5.84. The molecular formula is C15H19N3O. The van der Waals surface area contributed by atoms with E-state index in [2.05, 4.69) is 24.0 Å². The van der Waals surface area contributed by atoms with E-state index in [1.807, 2.05) is 24.3 Å². The fourth-order valence-corrected chi connectivity index (χ4v) is 2.72. The van der Waals surface area contributed by atoms with Gasteiger partial charge in [0, 0.05) is 17.2 Å². The van der Waals surface area contributed by atoms with Crippen LogP contribution < -0.4 is 10.5 Å². The van der Waals surface area contributed by atoms with Crippen LogP contribution >= 0.6 is 0 Å². The summed E-state index contributed by atoms with van der Waals surface area (Å²) in [5.74, 6) is 1.87. The maximum atomic E-state index is 6.05. The molecule has 1 aliphatic carbocycles. The molecule has 3 N–H and O–H groups in total. The molecule has 3 rings (SSSR count). The highest BCUT2D eigenvalue weighted by atomic mass is 16.5. The van der Waals surface area contributed by atoms with Crippen LogP contribution in [0.5, 0.6) is 5.75 Å². The first-order valence-electron chi connectivity index (χ1n) is 6.51. The number of aromatic amines is 1. The molecule has 1 aromatic carbocycles. The van der Waals surface area contributed by atoms with Crippen LogP contribution in [0.2, 0.25) is 0 Å². The van der Waals surface area contributed by atoms with Gasteiger partial charge in [0.2, 0.25) is 0 Å². The largest absolute Gasteiger partial charge is 0.496 e. The van der Waals surface area contributed by atoms with Gasteiger partial charge in [0.15, 0.2) is 5.82 Å². The third kappa shape index (κ3) is 1.87. The molecule has 1 atom stereocenters. The van der Waals surface area contributed by atoms with Crippen molar-refractivity contribution in [3.63, 3.8) is 0 Å². The average molecular weight is 257 g/mol. The number of methoxy groups -OCH3 is 1. The van der Waals surface area contributed by atoms with E-state index in [-0.39, 0.29) is 0 Å². The van der Waals surface area contributed by atoms with Gasteiger partial charge >= 0.3 is 0 Å². The Morgan fingerprint density at radius 1 is 1.37 bits per heavy atom. The summed E-state index contributed by atoms with van der Waals surface area (Å²) >= 11 is 0. The van der Waals surface area contributed by atoms with Crippen LogP contribution in [0.15, 0.2) is 24.3 Å². The molecular weight excluding hydrogens is 238 g/mol. The van der Waals surface area contributed by atoms with Crippen LogP contribution in [-0.2, 0) is 0 Å². The zero-order valence-electron chi connectivity index (χ0n) is 11.5. The first kappa shape index (κ1) is 12.1. The SMILES string of the molecule is COc1ccccc1-c1c(N)n[nH]c1C1CC1(C)C. The number of H-pyrrole nitrogens is 1. The van der Waals surface area contributed by atoms with Gasteiger partial charge in [0.05, 0.1) is 12.7 Å². The van der Waals surface area contributed by atoms with Gasteiger partial charge in [-0.2, -0.15) is 5.10 Å². The molecule has 1 aromatic heterocycles. The third-order valence-electron chi connectivity index (χ3n) is 4.06. The Balaban J connectivity index is 2.13. The summed E-state index contributed by atoms with van der Waals surface area (Å²) in [5, 5.41) is 7.30. The highest BCUT2D eigenvalue weighted by Gasteiger charge is 2.49. The molecule has 1 saturated carbocycles. The maximum absolute atomic E-state index is 6.05. The van der Waals surface area contributed by atoms with Crippen molar-refractivity contribution in [2.24, 2.45) is 5.41 Å². The minimum absolute atomic E-state index is 0.329. The molecule has 2 aromatic rings. The van der Waals surface area contributed by atoms with E-state index in [0.29, 0.717) is 17.2 Å². The molecule has 0 saturated heterocycles. The van der Waals surface area contributed by atoms with Crippen molar-refractivity contribution in [3.05, 3.63) is 30.0 Å². The Hall–Kier alpha value is -1.97. The minimum atomic E-state index is 0.329. The molecule has 1 fully saturated rings. The number of hydrogen-bond donors (Lipinski definition) is 2. The lowest BCUT2D eigenvalue weighted by Gasteiger charge is -2.10. The molecule has 0 radical (unpaired) electrons. The van der Waals surface area contributed by atoms with Crippen LogP contribution in [-0.4, -0.2) is 17.3 Å². The quantitative estimate of drug-likeness (QED) is 0.887. The number of nitrogens with two attached hydrogens (primary N) is 1. The fourth-order valence-electron chi connectivity index (χ4n) is 2.72. The van der Waals surface area contributed by atoms with Gasteiger partial charge in [0.25, 0.3) is 0 Å². The van der Waals surface area contributed by atoms with Crippen molar-refractivity contribution in [2.45, 2.75) is 26.2 Å². The lowest BCUT2D eigenvalue weighted by Crippen LogP contribution is -1.96. The summed E-state index contributed by atoms with van der Waals surface area (Å²) in [4.78, 5) is 0. The predicted molar refractivity (Wildman–Crippen MR) is 76.1 cm³/mol. The molecule has 0 amide bonds. The van der Waals surface area contributed by atoms with E-state index >= 15 is 0 Å². The first-order valence-corrected chi connectivity index (χ1v) is 6.51. The number of benzene rings is 1. The van der Waals surface area contributed by atoms with Crippen molar-refractivity contribution < 1.29 is 4.74 Å². The standard InChI is InChI=1S/C15H19N3O/c1-15(2)8-10(15)13-12(14(16)18-17-13)9-6-4-5-7-11(9)19-3/h4-7,10H,8H2,1-3H3,(H3,16,17,18). The maximum Gasteiger partial charge on any atom is 0.153 e. The number of nitrogens with one attached hydrogen (secondary N) is 1. The van der Waals surface area contributed by atoms with Crippen LogP contribution in [0.1, 0.15) is 31.9 Å². The minimum Gasteiger partial charge on any atom is -0.496 e. The third-order valence-corrected chi connectivity index (χ3v) is 4.06. The summed E-state index contributed by atoms with van der Waals surface area (Å²) in [5.41, 5.74) is 9.52. The molecule has 0 aliphatic heterocycles. The van der Waals surface area contributed by atoms with Crippen molar-refractivity contribution in [1.29, 1.82) is 0 Å². The monoisotopic (exact) mass is 257 g/mol. The fraction of sp³-hybridized carbons (Fsp3) is 0.400. The molecule has 4 nitrogen and oxygen atoms in total. The average Bonchev–Trinajstić information content (AvgIpc) is 2.86. The van der Waals surface area contributed by atoms with Gasteiger partial charge in [-0.25, -0.2) is 0 Å². The Labute approximate surface area is 113 Å². The predicted octanol–water partition coefficient (Wildman–Crippen LogP) is 3.18. The van der Waals surface area contributed by atoms with Crippen LogP contribution in [0.4, 0.5) is 5.82 Å². The summed E-state index contributed by atoms with van der Waals surface area (Å²) < 4.78 is 5.43. The van der Waals surface area contributed by atoms with E-state index in [1.54, 1.807) is 7.11 Å². The summed E-state index contributed by atoms with van der Waals surface area (Å²) in [7, 11) is 1.68. The number of hydrogen-bond acceptors (Lipinski definition) is 3. The molecule has 1 heterocycles. The van der Waals surface area contributed by atoms with Gasteiger partial charge in [-0.1, -0.05) is 32.0 Å². The lowest BCUT2D eigenvalue weighted by atomic mass is 9.99. The zero-order valence-corrected chi connectivity index (χ0v) is 11.5. The molecule has 100 valence electrons. The van der Waals surface area contributed by atoms with Gasteiger partial charge in [-0.05, 0) is 17.9 Å². The van der Waals surface area contributed by atoms with E-state index in [9.17, 15) is 0 Å². The first-order chi connectivity index (χ1) is 9.04. The van der Waals surface area contributed by atoms with Crippen LogP contribution in [0.25, 0.3) is 11.1 Å². The Morgan fingerprint density at radius 2 is 2.05 bits per heavy atom. The molecule has 19 heavy (non-hydrogen) atoms. The van der Waals surface area contributed by atoms with E-state index in [0.717, 1.165) is 29.0 Å². The number of rotatable bonds is 3. The second kappa shape index (κ2) is 4.02. The number of aromatic nitrogens is 2. The summed E-state index contributed by atoms with van der Waals surface area (Å²) in [6, 6.07) is 7.92.